The van der Waals surface area contributed by atoms with Crippen molar-refractivity contribution in [3.05, 3.63) is 65.5 Å². The highest BCUT2D eigenvalue weighted by Gasteiger charge is 2.12. The van der Waals surface area contributed by atoms with Crippen molar-refractivity contribution in [2.45, 2.75) is 0 Å². The van der Waals surface area contributed by atoms with Crippen LogP contribution in [0.25, 0.3) is 0 Å². The zero-order valence-electron chi connectivity index (χ0n) is 8.83. The third-order valence-electron chi connectivity index (χ3n) is 2.24. The largest absolute Gasteiger partial charge is 0.477 e. The van der Waals surface area contributed by atoms with Crippen molar-refractivity contribution in [1.29, 1.82) is 0 Å². The van der Waals surface area contributed by atoms with Crippen molar-refractivity contribution in [2.75, 3.05) is 0 Å². The molecular weight excluding hydrogens is 218 g/mol. The van der Waals surface area contributed by atoms with E-state index >= 15 is 0 Å². The standard InChI is InChI=1S/C13H9NO3/c15-12(9-5-2-1-3-6-9)10-7-4-8-11(14-10)13(16)17/h1-8H,(H,16,17). The summed E-state index contributed by atoms with van der Waals surface area (Å²) in [6.45, 7) is 0. The number of nitrogens with zero attached hydrogens (tertiary/aromatic N) is 1. The number of ketones is 1. The third kappa shape index (κ3) is 2.36. The molecule has 0 atom stereocenters. The van der Waals surface area contributed by atoms with E-state index in [1.54, 1.807) is 30.3 Å². The van der Waals surface area contributed by atoms with E-state index in [1.807, 2.05) is 0 Å². The molecular formula is C13H9NO3. The second-order valence-corrected chi connectivity index (χ2v) is 3.41. The van der Waals surface area contributed by atoms with Gasteiger partial charge in [0, 0.05) is 5.56 Å². The van der Waals surface area contributed by atoms with Gasteiger partial charge in [0.05, 0.1) is 0 Å². The van der Waals surface area contributed by atoms with Crippen molar-refractivity contribution in [1.82, 2.24) is 4.98 Å². The first-order valence-corrected chi connectivity index (χ1v) is 4.98. The van der Waals surface area contributed by atoms with Crippen LogP contribution in [0.5, 0.6) is 0 Å². The van der Waals surface area contributed by atoms with Crippen molar-refractivity contribution < 1.29 is 14.7 Å². The van der Waals surface area contributed by atoms with Gasteiger partial charge in [0.2, 0.25) is 5.78 Å². The first-order chi connectivity index (χ1) is 8.18. The minimum absolute atomic E-state index is 0.133. The lowest BCUT2D eigenvalue weighted by molar-refractivity contribution is 0.0690. The van der Waals surface area contributed by atoms with Crippen molar-refractivity contribution in [2.24, 2.45) is 0 Å². The van der Waals surface area contributed by atoms with Gasteiger partial charge in [-0.15, -0.1) is 0 Å². The Bertz CT molecular complexity index is 564. The number of aromatic nitrogens is 1. The fourth-order valence-corrected chi connectivity index (χ4v) is 1.42. The highest BCUT2D eigenvalue weighted by atomic mass is 16.4. The van der Waals surface area contributed by atoms with Crippen LogP contribution in [0.4, 0.5) is 0 Å². The number of carbonyl (C=O) groups excluding carboxylic acids is 1. The Labute approximate surface area is 97.6 Å². The maximum absolute atomic E-state index is 12.0. The van der Waals surface area contributed by atoms with E-state index in [2.05, 4.69) is 4.98 Å². The molecule has 0 amide bonds. The molecule has 0 spiro atoms. The monoisotopic (exact) mass is 227 g/mol. The molecule has 17 heavy (non-hydrogen) atoms. The Balaban J connectivity index is 2.38. The number of carboxylic acid groups (broad SMARTS) is 1. The van der Waals surface area contributed by atoms with Crippen molar-refractivity contribution >= 4 is 11.8 Å². The maximum atomic E-state index is 12.0. The number of aromatic carboxylic acids is 1. The molecule has 2 rings (SSSR count). The molecule has 1 aromatic heterocycles. The summed E-state index contributed by atoms with van der Waals surface area (Å²) in [7, 11) is 0. The van der Waals surface area contributed by atoms with Crippen LogP contribution in [0.15, 0.2) is 48.5 Å². The van der Waals surface area contributed by atoms with Crippen LogP contribution >= 0.6 is 0 Å². The smallest absolute Gasteiger partial charge is 0.354 e. The van der Waals surface area contributed by atoms with E-state index in [4.69, 9.17) is 5.11 Å². The molecule has 1 aromatic carbocycles. The van der Waals surface area contributed by atoms with Gasteiger partial charge in [0.15, 0.2) is 0 Å². The molecule has 0 unspecified atom stereocenters. The van der Waals surface area contributed by atoms with Gasteiger partial charge in [-0.2, -0.15) is 0 Å². The summed E-state index contributed by atoms with van der Waals surface area (Å²) in [6.07, 6.45) is 0. The van der Waals surface area contributed by atoms with Gasteiger partial charge in [-0.05, 0) is 12.1 Å². The summed E-state index contributed by atoms with van der Waals surface area (Å²) in [4.78, 5) is 26.5. The molecule has 0 aliphatic rings. The zero-order chi connectivity index (χ0) is 12.3. The van der Waals surface area contributed by atoms with Gasteiger partial charge >= 0.3 is 5.97 Å². The van der Waals surface area contributed by atoms with Crippen LogP contribution in [-0.4, -0.2) is 21.8 Å². The van der Waals surface area contributed by atoms with Crippen LogP contribution in [0.2, 0.25) is 0 Å². The molecule has 0 aliphatic carbocycles. The van der Waals surface area contributed by atoms with Gasteiger partial charge in [-0.3, -0.25) is 4.79 Å². The quantitative estimate of drug-likeness (QED) is 0.814. The number of carbonyl (C=O) groups is 2. The predicted molar refractivity (Wildman–Crippen MR) is 61.1 cm³/mol. The van der Waals surface area contributed by atoms with E-state index in [0.717, 1.165) is 0 Å². The molecule has 2 aromatic rings. The summed E-state index contributed by atoms with van der Waals surface area (Å²) in [5, 5.41) is 8.79. The molecule has 1 N–H and O–H groups in total. The SMILES string of the molecule is O=C(O)c1cccc(C(=O)c2ccccc2)n1. The zero-order valence-corrected chi connectivity index (χ0v) is 8.83. The van der Waals surface area contributed by atoms with E-state index in [1.165, 1.54) is 18.2 Å². The Morgan fingerprint density at radius 2 is 1.53 bits per heavy atom. The molecule has 4 heteroatoms. The molecule has 4 nitrogen and oxygen atoms in total. The van der Waals surface area contributed by atoms with Gasteiger partial charge in [-0.1, -0.05) is 36.4 Å². The molecule has 1 heterocycles. The van der Waals surface area contributed by atoms with Crippen molar-refractivity contribution in [3.8, 4) is 0 Å². The predicted octanol–water partition coefficient (Wildman–Crippen LogP) is 2.01. The number of benzene rings is 1. The summed E-state index contributed by atoms with van der Waals surface area (Å²) < 4.78 is 0. The minimum atomic E-state index is -1.15. The summed E-state index contributed by atoms with van der Waals surface area (Å²) in [5.74, 6) is -1.43. The van der Waals surface area contributed by atoms with Gasteiger partial charge < -0.3 is 5.11 Å². The van der Waals surface area contributed by atoms with Crippen LogP contribution < -0.4 is 0 Å². The molecule has 0 bridgehead atoms. The fraction of sp³-hybridized carbons (Fsp3) is 0. The Kier molecular flexibility index (Phi) is 2.96. The lowest BCUT2D eigenvalue weighted by Gasteiger charge is -2.01. The van der Waals surface area contributed by atoms with E-state index in [-0.39, 0.29) is 17.2 Å². The average Bonchev–Trinajstić information content (AvgIpc) is 2.39. The Morgan fingerprint density at radius 3 is 2.18 bits per heavy atom. The third-order valence-corrected chi connectivity index (χ3v) is 2.24. The Morgan fingerprint density at radius 1 is 0.882 bits per heavy atom. The van der Waals surface area contributed by atoms with Crippen LogP contribution in [0.3, 0.4) is 0 Å². The lowest BCUT2D eigenvalue weighted by Crippen LogP contribution is -2.08. The van der Waals surface area contributed by atoms with E-state index in [9.17, 15) is 9.59 Å². The number of hydrogen-bond donors (Lipinski definition) is 1. The highest BCUT2D eigenvalue weighted by Crippen LogP contribution is 2.08. The second-order valence-electron chi connectivity index (χ2n) is 3.41. The van der Waals surface area contributed by atoms with Crippen LogP contribution in [0, 0.1) is 0 Å². The van der Waals surface area contributed by atoms with Crippen LogP contribution in [-0.2, 0) is 0 Å². The summed E-state index contributed by atoms with van der Waals surface area (Å²) in [6, 6.07) is 13.0. The molecule has 84 valence electrons. The summed E-state index contributed by atoms with van der Waals surface area (Å²) in [5.41, 5.74) is 0.491. The number of carboxylic acids is 1. The molecule has 0 saturated carbocycles. The fourth-order valence-electron chi connectivity index (χ4n) is 1.42. The minimum Gasteiger partial charge on any atom is -0.477 e. The number of hydrogen-bond acceptors (Lipinski definition) is 3. The number of rotatable bonds is 3. The molecule has 0 radical (unpaired) electrons. The van der Waals surface area contributed by atoms with Gasteiger partial charge in [-0.25, -0.2) is 9.78 Å². The van der Waals surface area contributed by atoms with Crippen molar-refractivity contribution in [3.63, 3.8) is 0 Å². The Hall–Kier alpha value is -2.49. The molecule has 0 saturated heterocycles. The number of pyridine rings is 1. The maximum Gasteiger partial charge on any atom is 0.354 e. The first kappa shape index (κ1) is 11.0. The van der Waals surface area contributed by atoms with Gasteiger partial charge in [0.25, 0.3) is 0 Å². The normalized spacial score (nSPS) is 9.88. The van der Waals surface area contributed by atoms with E-state index < -0.39 is 5.97 Å². The molecule has 0 aliphatic heterocycles. The average molecular weight is 227 g/mol. The van der Waals surface area contributed by atoms with Gasteiger partial charge in [0.1, 0.15) is 11.4 Å². The lowest BCUT2D eigenvalue weighted by atomic mass is 10.1. The van der Waals surface area contributed by atoms with E-state index in [0.29, 0.717) is 5.56 Å². The summed E-state index contributed by atoms with van der Waals surface area (Å²) >= 11 is 0. The topological polar surface area (TPSA) is 67.3 Å². The second kappa shape index (κ2) is 4.57. The highest BCUT2D eigenvalue weighted by molar-refractivity contribution is 6.08. The molecule has 0 fully saturated rings. The first-order valence-electron chi connectivity index (χ1n) is 4.98. The van der Waals surface area contributed by atoms with Crippen LogP contribution in [0.1, 0.15) is 26.5 Å².